The number of nitro groups is 1. The number of hydrogen-bond acceptors (Lipinski definition) is 4. The van der Waals surface area contributed by atoms with Gasteiger partial charge in [0.2, 0.25) is 0 Å². The van der Waals surface area contributed by atoms with E-state index in [9.17, 15) is 10.1 Å². The number of rotatable bonds is 3. The van der Waals surface area contributed by atoms with Gasteiger partial charge in [0.05, 0.1) is 9.95 Å². The molecular weight excluding hydrogens is 230 g/mol. The summed E-state index contributed by atoms with van der Waals surface area (Å²) in [5.41, 5.74) is 6.58. The van der Waals surface area contributed by atoms with Crippen molar-refractivity contribution in [2.75, 3.05) is 13.1 Å². The van der Waals surface area contributed by atoms with Crippen molar-refractivity contribution in [3.05, 3.63) is 38.9 Å². The van der Waals surface area contributed by atoms with E-state index in [0.29, 0.717) is 11.6 Å². The highest BCUT2D eigenvalue weighted by Gasteiger charge is 2.23. The van der Waals surface area contributed by atoms with Gasteiger partial charge in [-0.05, 0) is 11.6 Å². The highest BCUT2D eigenvalue weighted by molar-refractivity contribution is 6.31. The largest absolute Gasteiger partial charge is 0.325 e. The van der Waals surface area contributed by atoms with Crippen LogP contribution in [0, 0.1) is 10.1 Å². The average Bonchev–Trinajstić information content (AvgIpc) is 2.18. The molecular formula is C10H12ClN3O2. The first-order chi connectivity index (χ1) is 7.56. The average molecular weight is 242 g/mol. The molecule has 0 unspecified atom stereocenters. The Labute approximate surface area is 97.9 Å². The Morgan fingerprint density at radius 2 is 2.25 bits per heavy atom. The molecule has 0 atom stereocenters. The van der Waals surface area contributed by atoms with Crippen molar-refractivity contribution < 1.29 is 4.92 Å². The van der Waals surface area contributed by atoms with Crippen LogP contribution in [0.5, 0.6) is 0 Å². The first-order valence-corrected chi connectivity index (χ1v) is 5.35. The maximum atomic E-state index is 10.5. The molecule has 1 aliphatic rings. The zero-order valence-corrected chi connectivity index (χ0v) is 9.35. The number of halogens is 1. The van der Waals surface area contributed by atoms with Crippen LogP contribution in [-0.2, 0) is 6.54 Å². The van der Waals surface area contributed by atoms with E-state index in [-0.39, 0.29) is 11.7 Å². The quantitative estimate of drug-likeness (QED) is 0.641. The minimum absolute atomic E-state index is 0.0223. The molecule has 0 spiro atoms. The molecule has 16 heavy (non-hydrogen) atoms. The lowest BCUT2D eigenvalue weighted by Gasteiger charge is -2.36. The summed E-state index contributed by atoms with van der Waals surface area (Å²) in [6, 6.07) is 4.80. The molecule has 1 aromatic rings. The van der Waals surface area contributed by atoms with Crippen LogP contribution in [0.25, 0.3) is 0 Å². The third kappa shape index (κ3) is 2.32. The van der Waals surface area contributed by atoms with Gasteiger partial charge < -0.3 is 5.73 Å². The monoisotopic (exact) mass is 241 g/mol. The lowest BCUT2D eigenvalue weighted by Crippen LogP contribution is -2.54. The molecule has 2 rings (SSSR count). The number of nitrogens with two attached hydrogens (primary N) is 1. The Balaban J connectivity index is 2.07. The third-order valence-electron chi connectivity index (χ3n) is 2.63. The molecule has 0 saturated carbocycles. The van der Waals surface area contributed by atoms with Gasteiger partial charge in [0, 0.05) is 37.8 Å². The Bertz CT molecular complexity index is 419. The van der Waals surface area contributed by atoms with Gasteiger partial charge in [-0.25, -0.2) is 0 Å². The highest BCUT2D eigenvalue weighted by atomic mass is 35.5. The highest BCUT2D eigenvalue weighted by Crippen LogP contribution is 2.24. The van der Waals surface area contributed by atoms with Crippen LogP contribution in [0.2, 0.25) is 5.02 Å². The number of benzene rings is 1. The summed E-state index contributed by atoms with van der Waals surface area (Å²) in [4.78, 5) is 12.2. The normalized spacial score (nSPS) is 17.1. The summed E-state index contributed by atoms with van der Waals surface area (Å²) in [7, 11) is 0. The molecule has 6 heteroatoms. The van der Waals surface area contributed by atoms with Crippen LogP contribution >= 0.6 is 11.6 Å². The van der Waals surface area contributed by atoms with Crippen molar-refractivity contribution in [1.29, 1.82) is 0 Å². The van der Waals surface area contributed by atoms with E-state index in [1.165, 1.54) is 12.1 Å². The Morgan fingerprint density at radius 3 is 2.75 bits per heavy atom. The van der Waals surface area contributed by atoms with Crippen LogP contribution < -0.4 is 5.73 Å². The van der Waals surface area contributed by atoms with Gasteiger partial charge in [-0.3, -0.25) is 15.0 Å². The number of hydrogen-bond donors (Lipinski definition) is 1. The predicted molar refractivity (Wildman–Crippen MR) is 61.4 cm³/mol. The third-order valence-corrected chi connectivity index (χ3v) is 2.98. The zero-order chi connectivity index (χ0) is 11.7. The van der Waals surface area contributed by atoms with E-state index >= 15 is 0 Å². The molecule has 1 aromatic carbocycles. The number of likely N-dealkylation sites (tertiary alicyclic amines) is 1. The van der Waals surface area contributed by atoms with Crippen LogP contribution in [0.1, 0.15) is 5.56 Å². The molecule has 0 bridgehead atoms. The molecule has 1 fully saturated rings. The first-order valence-electron chi connectivity index (χ1n) is 4.97. The van der Waals surface area contributed by atoms with Crippen molar-refractivity contribution >= 4 is 17.3 Å². The molecule has 1 aliphatic heterocycles. The second-order valence-electron chi connectivity index (χ2n) is 3.99. The molecule has 5 nitrogen and oxygen atoms in total. The maximum absolute atomic E-state index is 10.5. The molecule has 2 N–H and O–H groups in total. The molecule has 0 amide bonds. The number of non-ortho nitro benzene ring substituents is 1. The minimum atomic E-state index is -0.449. The lowest BCUT2D eigenvalue weighted by atomic mass is 10.1. The summed E-state index contributed by atoms with van der Waals surface area (Å²) in [6.45, 7) is 2.41. The van der Waals surface area contributed by atoms with Crippen LogP contribution in [0.3, 0.4) is 0 Å². The summed E-state index contributed by atoms with van der Waals surface area (Å²) in [5, 5.41) is 11.0. The second kappa shape index (κ2) is 4.37. The first kappa shape index (κ1) is 11.3. The van der Waals surface area contributed by atoms with E-state index in [1.54, 1.807) is 6.07 Å². The molecule has 1 saturated heterocycles. The Hall–Kier alpha value is -1.17. The van der Waals surface area contributed by atoms with Gasteiger partial charge in [0.1, 0.15) is 0 Å². The minimum Gasteiger partial charge on any atom is -0.325 e. The van der Waals surface area contributed by atoms with E-state index in [4.69, 9.17) is 17.3 Å². The van der Waals surface area contributed by atoms with E-state index in [2.05, 4.69) is 4.90 Å². The number of nitrogens with zero attached hydrogens (tertiary/aromatic N) is 2. The standard InChI is InChI=1S/C10H12ClN3O2/c11-10-3-9(14(15)16)2-1-7(10)4-13-5-8(12)6-13/h1-3,8H,4-6,12H2. The van der Waals surface area contributed by atoms with Crippen molar-refractivity contribution in [2.45, 2.75) is 12.6 Å². The van der Waals surface area contributed by atoms with Crippen LogP contribution in [0.4, 0.5) is 5.69 Å². The fraction of sp³-hybridized carbons (Fsp3) is 0.400. The van der Waals surface area contributed by atoms with Gasteiger partial charge >= 0.3 is 0 Å². The zero-order valence-electron chi connectivity index (χ0n) is 8.60. The summed E-state index contributed by atoms with van der Waals surface area (Å²) < 4.78 is 0. The Kier molecular flexibility index (Phi) is 3.09. The van der Waals surface area contributed by atoms with Gasteiger partial charge in [0.15, 0.2) is 0 Å². The SMILES string of the molecule is NC1CN(Cc2ccc([N+](=O)[O-])cc2Cl)C1. The maximum Gasteiger partial charge on any atom is 0.270 e. The molecule has 0 aliphatic carbocycles. The Morgan fingerprint density at radius 1 is 1.56 bits per heavy atom. The van der Waals surface area contributed by atoms with Gasteiger partial charge in [-0.15, -0.1) is 0 Å². The van der Waals surface area contributed by atoms with Gasteiger partial charge in [-0.1, -0.05) is 11.6 Å². The van der Waals surface area contributed by atoms with Gasteiger partial charge in [0.25, 0.3) is 5.69 Å². The molecule has 0 radical (unpaired) electrons. The van der Waals surface area contributed by atoms with Crippen LogP contribution in [-0.4, -0.2) is 29.0 Å². The smallest absolute Gasteiger partial charge is 0.270 e. The summed E-state index contributed by atoms with van der Waals surface area (Å²) in [6.07, 6.45) is 0. The fourth-order valence-corrected chi connectivity index (χ4v) is 1.99. The lowest BCUT2D eigenvalue weighted by molar-refractivity contribution is -0.384. The summed E-state index contributed by atoms with van der Waals surface area (Å²) >= 11 is 5.97. The van der Waals surface area contributed by atoms with E-state index in [0.717, 1.165) is 18.7 Å². The van der Waals surface area contributed by atoms with Crippen molar-refractivity contribution in [1.82, 2.24) is 4.90 Å². The van der Waals surface area contributed by atoms with Gasteiger partial charge in [-0.2, -0.15) is 0 Å². The molecule has 86 valence electrons. The van der Waals surface area contributed by atoms with E-state index in [1.807, 2.05) is 0 Å². The summed E-state index contributed by atoms with van der Waals surface area (Å²) in [5.74, 6) is 0. The van der Waals surface area contributed by atoms with Crippen molar-refractivity contribution in [3.8, 4) is 0 Å². The topological polar surface area (TPSA) is 72.4 Å². The molecule has 0 aromatic heterocycles. The van der Waals surface area contributed by atoms with Crippen molar-refractivity contribution in [2.24, 2.45) is 5.73 Å². The predicted octanol–water partition coefficient (Wildman–Crippen LogP) is 1.39. The molecule has 1 heterocycles. The van der Waals surface area contributed by atoms with Crippen molar-refractivity contribution in [3.63, 3.8) is 0 Å². The second-order valence-corrected chi connectivity index (χ2v) is 4.39. The number of nitro benzene ring substituents is 1. The van der Waals surface area contributed by atoms with E-state index < -0.39 is 4.92 Å². The fourth-order valence-electron chi connectivity index (χ4n) is 1.76. The van der Waals surface area contributed by atoms with Crippen LogP contribution in [0.15, 0.2) is 18.2 Å².